The van der Waals surface area contributed by atoms with E-state index in [4.69, 9.17) is 16.6 Å². The van der Waals surface area contributed by atoms with Gasteiger partial charge < -0.3 is 16.6 Å². The third-order valence-corrected chi connectivity index (χ3v) is 2.86. The molecule has 0 unspecified atom stereocenters. The molecular weight excluding hydrogens is 266 g/mol. The van der Waals surface area contributed by atoms with Crippen LogP contribution in [0.25, 0.3) is 11.3 Å². The molecule has 2 rings (SSSR count). The number of carbonyl (C=O) groups is 1. The summed E-state index contributed by atoms with van der Waals surface area (Å²) in [5.41, 5.74) is 13.5. The van der Waals surface area contributed by atoms with Crippen LogP contribution in [0.2, 0.25) is 0 Å². The molecular formula is C16H21N3O2. The lowest BCUT2D eigenvalue weighted by Crippen LogP contribution is -2.34. The molecule has 1 atom stereocenters. The summed E-state index contributed by atoms with van der Waals surface area (Å²) in [6.45, 7) is 3.55. The van der Waals surface area contributed by atoms with Crippen LogP contribution < -0.4 is 11.5 Å². The van der Waals surface area contributed by atoms with Crippen molar-refractivity contribution in [1.82, 2.24) is 4.98 Å². The molecule has 0 bridgehead atoms. The molecule has 0 fully saturated rings. The third kappa shape index (κ3) is 5.62. The summed E-state index contributed by atoms with van der Waals surface area (Å²) in [4.78, 5) is 14.2. The Labute approximate surface area is 124 Å². The maximum Gasteiger partial charge on any atom is 0.320 e. The van der Waals surface area contributed by atoms with Crippen molar-refractivity contribution < 1.29 is 9.90 Å². The van der Waals surface area contributed by atoms with Gasteiger partial charge in [0.15, 0.2) is 0 Å². The Hall–Kier alpha value is -2.40. The predicted molar refractivity (Wildman–Crippen MR) is 84.5 cm³/mol. The van der Waals surface area contributed by atoms with Crippen molar-refractivity contribution in [2.75, 3.05) is 5.73 Å². The number of hydrogen-bond acceptors (Lipinski definition) is 4. The second-order valence-corrected chi connectivity index (χ2v) is 4.95. The Kier molecular flexibility index (Phi) is 6.36. The zero-order valence-corrected chi connectivity index (χ0v) is 12.2. The number of nitrogen functional groups attached to an aromatic ring is 1. The molecule has 1 heterocycles. The number of carboxylic acid groups (broad SMARTS) is 1. The van der Waals surface area contributed by atoms with E-state index in [9.17, 15) is 4.79 Å². The van der Waals surface area contributed by atoms with Crippen molar-refractivity contribution in [1.29, 1.82) is 0 Å². The lowest BCUT2D eigenvalue weighted by molar-refractivity contribution is -0.139. The monoisotopic (exact) mass is 287 g/mol. The molecule has 0 aliphatic rings. The SMILES string of the molecule is CC(C)[C@H](N)C(=O)O.Nc1ccc(-c2ccccc2)nc1. The first-order valence-electron chi connectivity index (χ1n) is 6.67. The number of pyridine rings is 1. The molecule has 0 amide bonds. The van der Waals surface area contributed by atoms with Gasteiger partial charge in [-0.3, -0.25) is 9.78 Å². The fourth-order valence-corrected chi connectivity index (χ4v) is 1.47. The Balaban J connectivity index is 0.000000240. The fourth-order valence-electron chi connectivity index (χ4n) is 1.47. The lowest BCUT2D eigenvalue weighted by Gasteiger charge is -2.07. The summed E-state index contributed by atoms with van der Waals surface area (Å²) >= 11 is 0. The molecule has 1 aromatic heterocycles. The minimum atomic E-state index is -0.931. The molecule has 5 heteroatoms. The van der Waals surface area contributed by atoms with Gasteiger partial charge in [0.25, 0.3) is 0 Å². The number of benzene rings is 1. The van der Waals surface area contributed by atoms with E-state index in [1.54, 1.807) is 20.0 Å². The Morgan fingerprint density at radius 3 is 2.14 bits per heavy atom. The average molecular weight is 287 g/mol. The number of rotatable bonds is 3. The van der Waals surface area contributed by atoms with Crippen LogP contribution in [0.5, 0.6) is 0 Å². The van der Waals surface area contributed by atoms with Crippen LogP contribution in [-0.4, -0.2) is 22.1 Å². The van der Waals surface area contributed by atoms with Gasteiger partial charge in [0.05, 0.1) is 17.6 Å². The molecule has 0 saturated carbocycles. The predicted octanol–water partition coefficient (Wildman–Crippen LogP) is 2.39. The highest BCUT2D eigenvalue weighted by molar-refractivity contribution is 5.73. The van der Waals surface area contributed by atoms with Crippen LogP contribution in [0.3, 0.4) is 0 Å². The van der Waals surface area contributed by atoms with E-state index in [0.29, 0.717) is 5.69 Å². The quantitative estimate of drug-likeness (QED) is 0.804. The van der Waals surface area contributed by atoms with Crippen molar-refractivity contribution in [3.63, 3.8) is 0 Å². The molecule has 1 aromatic carbocycles. The summed E-state index contributed by atoms with van der Waals surface area (Å²) < 4.78 is 0. The first kappa shape index (κ1) is 16.7. The second-order valence-electron chi connectivity index (χ2n) is 4.95. The minimum absolute atomic E-state index is 0.0208. The van der Waals surface area contributed by atoms with Crippen LogP contribution in [0.4, 0.5) is 5.69 Å². The van der Waals surface area contributed by atoms with Gasteiger partial charge in [0.1, 0.15) is 6.04 Å². The molecule has 0 aliphatic carbocycles. The van der Waals surface area contributed by atoms with E-state index < -0.39 is 12.0 Å². The molecule has 5 N–H and O–H groups in total. The summed E-state index contributed by atoms with van der Waals surface area (Å²) in [5.74, 6) is -0.910. The Bertz CT molecular complexity index is 553. The van der Waals surface area contributed by atoms with E-state index >= 15 is 0 Å². The van der Waals surface area contributed by atoms with Gasteiger partial charge in [-0.25, -0.2) is 0 Å². The summed E-state index contributed by atoms with van der Waals surface area (Å²) in [6, 6.07) is 13.1. The summed E-state index contributed by atoms with van der Waals surface area (Å²) in [6.07, 6.45) is 1.67. The van der Waals surface area contributed by atoms with Crippen molar-refractivity contribution in [2.24, 2.45) is 11.7 Å². The average Bonchev–Trinajstić information content (AvgIpc) is 2.48. The van der Waals surface area contributed by atoms with Crippen molar-refractivity contribution >= 4 is 11.7 Å². The van der Waals surface area contributed by atoms with Gasteiger partial charge in [0.2, 0.25) is 0 Å². The molecule has 112 valence electrons. The van der Waals surface area contributed by atoms with E-state index in [-0.39, 0.29) is 5.92 Å². The van der Waals surface area contributed by atoms with Gasteiger partial charge in [-0.2, -0.15) is 0 Å². The van der Waals surface area contributed by atoms with Crippen molar-refractivity contribution in [3.8, 4) is 11.3 Å². The smallest absolute Gasteiger partial charge is 0.320 e. The van der Waals surface area contributed by atoms with Crippen molar-refractivity contribution in [2.45, 2.75) is 19.9 Å². The highest BCUT2D eigenvalue weighted by Crippen LogP contribution is 2.16. The molecule has 5 nitrogen and oxygen atoms in total. The highest BCUT2D eigenvalue weighted by atomic mass is 16.4. The number of anilines is 1. The van der Waals surface area contributed by atoms with E-state index in [1.807, 2.05) is 42.5 Å². The molecule has 0 spiro atoms. The number of nitrogens with two attached hydrogens (primary N) is 2. The number of aromatic nitrogens is 1. The second kappa shape index (κ2) is 8.01. The van der Waals surface area contributed by atoms with E-state index in [2.05, 4.69) is 4.98 Å². The molecule has 0 radical (unpaired) electrons. The van der Waals surface area contributed by atoms with E-state index in [1.165, 1.54) is 0 Å². The van der Waals surface area contributed by atoms with Crippen LogP contribution >= 0.6 is 0 Å². The third-order valence-electron chi connectivity index (χ3n) is 2.86. The van der Waals surface area contributed by atoms with E-state index in [0.717, 1.165) is 11.3 Å². The van der Waals surface area contributed by atoms with Gasteiger partial charge in [0, 0.05) is 5.56 Å². The van der Waals surface area contributed by atoms with Crippen LogP contribution in [0.15, 0.2) is 48.7 Å². The number of hydrogen-bond donors (Lipinski definition) is 3. The zero-order valence-electron chi connectivity index (χ0n) is 12.2. The summed E-state index contributed by atoms with van der Waals surface area (Å²) in [5, 5.41) is 8.23. The normalized spacial score (nSPS) is 11.4. The van der Waals surface area contributed by atoms with Gasteiger partial charge >= 0.3 is 5.97 Å². The standard InChI is InChI=1S/C11H10N2.C5H11NO2/c12-10-6-7-11(13-8-10)9-4-2-1-3-5-9;1-3(2)4(6)5(7)8/h1-8H,12H2;3-4H,6H2,1-2H3,(H,7,8)/t;4-/m.0/s1. The number of aliphatic carboxylic acids is 1. The molecule has 0 saturated heterocycles. The molecule has 21 heavy (non-hydrogen) atoms. The van der Waals surface area contributed by atoms with Crippen LogP contribution in [0.1, 0.15) is 13.8 Å². The molecule has 2 aromatic rings. The Morgan fingerprint density at radius 1 is 1.14 bits per heavy atom. The van der Waals surface area contributed by atoms with Crippen LogP contribution in [0, 0.1) is 5.92 Å². The zero-order chi connectivity index (χ0) is 15.8. The lowest BCUT2D eigenvalue weighted by atomic mass is 10.1. The van der Waals surface area contributed by atoms with Gasteiger partial charge in [-0.15, -0.1) is 0 Å². The fraction of sp³-hybridized carbons (Fsp3) is 0.250. The number of nitrogens with zero attached hydrogens (tertiary/aromatic N) is 1. The largest absolute Gasteiger partial charge is 0.480 e. The van der Waals surface area contributed by atoms with Gasteiger partial charge in [-0.05, 0) is 18.1 Å². The highest BCUT2D eigenvalue weighted by Gasteiger charge is 2.14. The maximum atomic E-state index is 10.0. The van der Waals surface area contributed by atoms with Gasteiger partial charge in [-0.1, -0.05) is 44.2 Å². The van der Waals surface area contributed by atoms with Crippen LogP contribution in [-0.2, 0) is 4.79 Å². The minimum Gasteiger partial charge on any atom is -0.480 e. The first-order chi connectivity index (χ1) is 9.91. The number of carboxylic acids is 1. The van der Waals surface area contributed by atoms with Crippen molar-refractivity contribution in [3.05, 3.63) is 48.7 Å². The maximum absolute atomic E-state index is 10.0. The topological polar surface area (TPSA) is 102 Å². The first-order valence-corrected chi connectivity index (χ1v) is 6.67. The Morgan fingerprint density at radius 2 is 1.76 bits per heavy atom. The molecule has 0 aliphatic heterocycles. The summed E-state index contributed by atoms with van der Waals surface area (Å²) in [7, 11) is 0.